The van der Waals surface area contributed by atoms with Gasteiger partial charge < -0.3 is 24.3 Å². The molecule has 1 aliphatic carbocycles. The van der Waals surface area contributed by atoms with Crippen LogP contribution in [0.5, 0.6) is 11.5 Å². The van der Waals surface area contributed by atoms with Crippen molar-refractivity contribution < 1.29 is 28.5 Å². The smallest absolute Gasteiger partial charge is 0.250 e. The molecule has 3 atom stereocenters. The second-order valence-corrected chi connectivity index (χ2v) is 8.94. The zero-order valence-corrected chi connectivity index (χ0v) is 19.8. The third-order valence-electron chi connectivity index (χ3n) is 6.26. The summed E-state index contributed by atoms with van der Waals surface area (Å²) in [5.41, 5.74) is 1.72. The van der Waals surface area contributed by atoms with Crippen LogP contribution in [-0.4, -0.2) is 37.6 Å². The Hall–Kier alpha value is -3.32. The lowest BCUT2D eigenvalue weighted by Gasteiger charge is -2.37. The van der Waals surface area contributed by atoms with E-state index in [2.05, 4.69) is 19.2 Å². The van der Waals surface area contributed by atoms with Crippen molar-refractivity contribution >= 4 is 17.4 Å². The molecule has 2 aromatic rings. The standard InChI is InChI=1S/C27H31NO6/c1-17(2)21-6-4-5-7-23(21)34-25-15-33-24-14-20(12-13-22(24)27(25)30)32-16-26(29)28-18-8-10-19(31-3)11-9-18/h4-11,15,17,20,22,24H,12-14,16H2,1-3H3,(H,28,29). The van der Waals surface area contributed by atoms with E-state index in [1.165, 1.54) is 6.26 Å². The predicted molar refractivity (Wildman–Crippen MR) is 128 cm³/mol. The van der Waals surface area contributed by atoms with E-state index >= 15 is 0 Å². The van der Waals surface area contributed by atoms with E-state index in [0.717, 1.165) is 11.3 Å². The van der Waals surface area contributed by atoms with Crippen molar-refractivity contribution in [3.63, 3.8) is 0 Å². The summed E-state index contributed by atoms with van der Waals surface area (Å²) in [6.45, 7) is 4.12. The molecular formula is C27H31NO6. The number of carbonyl (C=O) groups is 2. The summed E-state index contributed by atoms with van der Waals surface area (Å²) in [5.74, 6) is 1.39. The van der Waals surface area contributed by atoms with Gasteiger partial charge in [-0.05, 0) is 54.7 Å². The van der Waals surface area contributed by atoms with Gasteiger partial charge >= 0.3 is 0 Å². The maximum Gasteiger partial charge on any atom is 0.250 e. The Kier molecular flexibility index (Phi) is 7.53. The first kappa shape index (κ1) is 23.8. The number of methoxy groups -OCH3 is 1. The number of benzene rings is 2. The molecule has 2 aliphatic rings. The monoisotopic (exact) mass is 465 g/mol. The number of allylic oxidation sites excluding steroid dienone is 1. The van der Waals surface area contributed by atoms with Crippen molar-refractivity contribution in [2.45, 2.75) is 51.2 Å². The minimum absolute atomic E-state index is 0.0366. The second-order valence-electron chi connectivity index (χ2n) is 8.94. The van der Waals surface area contributed by atoms with Gasteiger partial charge in [-0.3, -0.25) is 9.59 Å². The normalized spacial score (nSPS) is 21.8. The first-order chi connectivity index (χ1) is 16.4. The number of carbonyl (C=O) groups excluding carboxylic acids is 2. The van der Waals surface area contributed by atoms with Crippen LogP contribution in [0.3, 0.4) is 0 Å². The average Bonchev–Trinajstić information content (AvgIpc) is 2.85. The SMILES string of the molecule is COc1ccc(NC(=O)COC2CCC3C(=O)C(Oc4ccccc4C(C)C)=COC3C2)cc1. The molecule has 4 rings (SSSR count). The van der Waals surface area contributed by atoms with Crippen molar-refractivity contribution in [2.75, 3.05) is 19.0 Å². The molecule has 7 nitrogen and oxygen atoms in total. The third-order valence-corrected chi connectivity index (χ3v) is 6.26. The highest BCUT2D eigenvalue weighted by Gasteiger charge is 2.41. The molecule has 2 aromatic carbocycles. The van der Waals surface area contributed by atoms with Gasteiger partial charge in [-0.25, -0.2) is 0 Å². The molecule has 0 radical (unpaired) electrons. The van der Waals surface area contributed by atoms with Crippen LogP contribution < -0.4 is 14.8 Å². The number of hydrogen-bond acceptors (Lipinski definition) is 6. The first-order valence-corrected chi connectivity index (χ1v) is 11.7. The fraction of sp³-hybridized carbons (Fsp3) is 0.407. The Morgan fingerprint density at radius 2 is 1.88 bits per heavy atom. The topological polar surface area (TPSA) is 83.1 Å². The zero-order chi connectivity index (χ0) is 24.1. The number of nitrogens with one attached hydrogen (secondary N) is 1. The van der Waals surface area contributed by atoms with Crippen LogP contribution in [-0.2, 0) is 19.1 Å². The quantitative estimate of drug-likeness (QED) is 0.601. The molecule has 1 fully saturated rings. The molecule has 0 spiro atoms. The summed E-state index contributed by atoms with van der Waals surface area (Å²) in [4.78, 5) is 25.3. The van der Waals surface area contributed by atoms with Crippen LogP contribution in [0.1, 0.15) is 44.6 Å². The Morgan fingerprint density at radius 3 is 2.62 bits per heavy atom. The largest absolute Gasteiger partial charge is 0.497 e. The van der Waals surface area contributed by atoms with Crippen LogP contribution in [0.25, 0.3) is 0 Å². The maximum absolute atomic E-state index is 13.1. The van der Waals surface area contributed by atoms with Gasteiger partial charge in [0, 0.05) is 12.1 Å². The number of hydrogen-bond donors (Lipinski definition) is 1. The number of fused-ring (bicyclic) bond motifs is 1. The molecule has 34 heavy (non-hydrogen) atoms. The lowest BCUT2D eigenvalue weighted by molar-refractivity contribution is -0.136. The van der Waals surface area contributed by atoms with Crippen LogP contribution in [0.15, 0.2) is 60.6 Å². The van der Waals surface area contributed by atoms with Gasteiger partial charge in [-0.1, -0.05) is 32.0 Å². The summed E-state index contributed by atoms with van der Waals surface area (Å²) in [7, 11) is 1.59. The van der Waals surface area contributed by atoms with Crippen molar-refractivity contribution in [2.24, 2.45) is 5.92 Å². The van der Waals surface area contributed by atoms with Crippen LogP contribution in [0, 0.1) is 5.92 Å². The van der Waals surface area contributed by atoms with Gasteiger partial charge in [-0.15, -0.1) is 0 Å². The van der Waals surface area contributed by atoms with Gasteiger partial charge in [0.2, 0.25) is 17.4 Å². The van der Waals surface area contributed by atoms with Crippen LogP contribution in [0.4, 0.5) is 5.69 Å². The average molecular weight is 466 g/mol. The van der Waals surface area contributed by atoms with Crippen molar-refractivity contribution in [3.05, 3.63) is 66.1 Å². The highest BCUT2D eigenvalue weighted by atomic mass is 16.5. The van der Waals surface area contributed by atoms with E-state index < -0.39 is 0 Å². The Bertz CT molecular complexity index is 1050. The number of rotatable bonds is 8. The fourth-order valence-electron chi connectivity index (χ4n) is 4.39. The lowest BCUT2D eigenvalue weighted by atomic mass is 9.80. The van der Waals surface area contributed by atoms with E-state index in [1.54, 1.807) is 31.4 Å². The van der Waals surface area contributed by atoms with Gasteiger partial charge in [0.05, 0.1) is 19.1 Å². The molecule has 1 saturated carbocycles. The van der Waals surface area contributed by atoms with Gasteiger partial charge in [0.1, 0.15) is 30.5 Å². The second kappa shape index (κ2) is 10.7. The third kappa shape index (κ3) is 5.59. The number of ketones is 1. The molecule has 1 aliphatic heterocycles. The lowest BCUT2D eigenvalue weighted by Crippen LogP contribution is -2.43. The molecule has 7 heteroatoms. The first-order valence-electron chi connectivity index (χ1n) is 11.7. The predicted octanol–water partition coefficient (Wildman–Crippen LogP) is 4.83. The van der Waals surface area contributed by atoms with Gasteiger partial charge in [-0.2, -0.15) is 0 Å². The van der Waals surface area contributed by atoms with Crippen LogP contribution in [0.2, 0.25) is 0 Å². The minimum atomic E-state index is -0.274. The van der Waals surface area contributed by atoms with E-state index in [-0.39, 0.29) is 48.1 Å². The van der Waals surface area contributed by atoms with E-state index in [4.69, 9.17) is 18.9 Å². The summed E-state index contributed by atoms with van der Waals surface area (Å²) in [6.07, 6.45) is 2.87. The highest BCUT2D eigenvalue weighted by molar-refractivity contribution is 5.96. The molecule has 1 N–H and O–H groups in total. The molecule has 180 valence electrons. The molecular weight excluding hydrogens is 434 g/mol. The van der Waals surface area contributed by atoms with E-state index in [1.807, 2.05) is 24.3 Å². The maximum atomic E-state index is 13.1. The van der Waals surface area contributed by atoms with Crippen molar-refractivity contribution in [3.8, 4) is 11.5 Å². The summed E-state index contributed by atoms with van der Waals surface area (Å²) < 4.78 is 22.8. The van der Waals surface area contributed by atoms with Gasteiger partial charge in [0.25, 0.3) is 0 Å². The highest BCUT2D eigenvalue weighted by Crippen LogP contribution is 2.36. The van der Waals surface area contributed by atoms with Crippen molar-refractivity contribution in [1.29, 1.82) is 0 Å². The molecule has 0 bridgehead atoms. The molecule has 1 heterocycles. The molecule has 3 unspecified atom stereocenters. The summed E-state index contributed by atoms with van der Waals surface area (Å²) in [6, 6.07) is 14.8. The molecule has 1 amide bonds. The molecule has 0 aromatic heterocycles. The van der Waals surface area contributed by atoms with Crippen molar-refractivity contribution in [1.82, 2.24) is 0 Å². The van der Waals surface area contributed by atoms with E-state index in [9.17, 15) is 9.59 Å². The fourth-order valence-corrected chi connectivity index (χ4v) is 4.39. The Balaban J connectivity index is 1.29. The minimum Gasteiger partial charge on any atom is -0.497 e. The summed E-state index contributed by atoms with van der Waals surface area (Å²) >= 11 is 0. The zero-order valence-electron chi connectivity index (χ0n) is 19.8. The van der Waals surface area contributed by atoms with Crippen LogP contribution >= 0.6 is 0 Å². The Morgan fingerprint density at radius 1 is 1.12 bits per heavy atom. The summed E-state index contributed by atoms with van der Waals surface area (Å²) in [5, 5.41) is 2.81. The van der Waals surface area contributed by atoms with E-state index in [0.29, 0.717) is 30.7 Å². The Labute approximate surface area is 200 Å². The number of ether oxygens (including phenoxy) is 4. The number of amides is 1. The number of para-hydroxylation sites is 1. The number of Topliss-reactive ketones (excluding diaryl/α,β-unsaturated/α-hetero) is 1. The molecule has 0 saturated heterocycles. The van der Waals surface area contributed by atoms with Gasteiger partial charge in [0.15, 0.2) is 0 Å². The number of anilines is 1.